The summed E-state index contributed by atoms with van der Waals surface area (Å²) in [7, 11) is -1.47. The number of aliphatic hydroxyl groups excluding tert-OH is 1. The van der Waals surface area contributed by atoms with Crippen molar-refractivity contribution in [3.05, 3.63) is 0 Å². The molecule has 1 N–H and O–H groups in total. The number of nitrogens with zero attached hydrogens (tertiary/aromatic N) is 3. The highest BCUT2D eigenvalue weighted by Crippen LogP contribution is 2.01. The molecule has 0 radical (unpaired) electrons. The van der Waals surface area contributed by atoms with Gasteiger partial charge in [0.25, 0.3) is 0 Å². The first kappa shape index (κ1) is 13.9. The number of hydrogen-bond donors (Lipinski definition) is 1. The summed E-state index contributed by atoms with van der Waals surface area (Å²) >= 11 is 0. The van der Waals surface area contributed by atoms with Crippen molar-refractivity contribution in [1.82, 2.24) is 14.1 Å². The molecule has 1 aliphatic rings. The van der Waals surface area contributed by atoms with Gasteiger partial charge in [0.15, 0.2) is 0 Å². The zero-order chi connectivity index (χ0) is 12.2. The van der Waals surface area contributed by atoms with Gasteiger partial charge in [-0.2, -0.15) is 0 Å². The van der Waals surface area contributed by atoms with Gasteiger partial charge in [-0.15, -0.1) is 0 Å². The Hall–Kier alpha value is -0.210. The molecule has 0 aromatic carbocycles. The van der Waals surface area contributed by atoms with E-state index >= 15 is 0 Å². The highest BCUT2D eigenvalue weighted by atomic mass is 32.2. The third kappa shape index (κ3) is 4.34. The Morgan fingerprint density at radius 2 is 1.69 bits per heavy atom. The molecular formula is C9H21N3O3S. The lowest BCUT2D eigenvalue weighted by Crippen LogP contribution is -2.48. The predicted molar refractivity (Wildman–Crippen MR) is 62.6 cm³/mol. The van der Waals surface area contributed by atoms with E-state index in [0.29, 0.717) is 6.54 Å². The fourth-order valence-corrected chi connectivity index (χ4v) is 2.02. The van der Waals surface area contributed by atoms with Crippen molar-refractivity contribution < 1.29 is 13.5 Å². The van der Waals surface area contributed by atoms with Gasteiger partial charge in [-0.1, -0.05) is 0 Å². The van der Waals surface area contributed by atoms with Crippen molar-refractivity contribution in [2.24, 2.45) is 0 Å². The highest BCUT2D eigenvalue weighted by Gasteiger charge is 2.17. The number of sulfonamides is 1. The van der Waals surface area contributed by atoms with Crippen LogP contribution in [0.5, 0.6) is 0 Å². The van der Waals surface area contributed by atoms with Crippen molar-refractivity contribution in [2.45, 2.75) is 0 Å². The molecule has 0 unspecified atom stereocenters. The minimum Gasteiger partial charge on any atom is -0.381 e. The Kier molecular flexibility index (Phi) is 5.13. The molecule has 1 heterocycles. The molecule has 0 bridgehead atoms. The van der Waals surface area contributed by atoms with Crippen LogP contribution in [0.25, 0.3) is 0 Å². The van der Waals surface area contributed by atoms with Crippen LogP contribution in [0.3, 0.4) is 0 Å². The molecule has 0 aromatic heterocycles. The number of piperazine rings is 1. The van der Waals surface area contributed by atoms with E-state index < -0.39 is 10.0 Å². The van der Waals surface area contributed by atoms with E-state index in [1.54, 1.807) is 7.05 Å². The number of aliphatic hydroxyl groups is 1. The molecule has 96 valence electrons. The molecule has 1 rings (SSSR count). The normalized spacial score (nSPS) is 20.5. The first-order valence-electron chi connectivity index (χ1n) is 5.40. The lowest BCUT2D eigenvalue weighted by Gasteiger charge is -2.34. The Bertz CT molecular complexity index is 299. The maximum atomic E-state index is 11.2. The van der Waals surface area contributed by atoms with Crippen LogP contribution in [0, 0.1) is 0 Å². The summed E-state index contributed by atoms with van der Waals surface area (Å²) in [5.41, 5.74) is 0. The fraction of sp³-hybridized carbons (Fsp3) is 1.00. The van der Waals surface area contributed by atoms with Crippen molar-refractivity contribution >= 4 is 10.0 Å². The van der Waals surface area contributed by atoms with Crippen LogP contribution in [-0.4, -0.2) is 86.9 Å². The monoisotopic (exact) mass is 251 g/mol. The van der Waals surface area contributed by atoms with E-state index in [-0.39, 0.29) is 6.73 Å². The second kappa shape index (κ2) is 5.92. The van der Waals surface area contributed by atoms with Gasteiger partial charge >= 0.3 is 0 Å². The largest absolute Gasteiger partial charge is 0.381 e. The van der Waals surface area contributed by atoms with Crippen molar-refractivity contribution in [1.29, 1.82) is 0 Å². The van der Waals surface area contributed by atoms with Gasteiger partial charge in [-0.3, -0.25) is 9.80 Å². The molecule has 0 aromatic rings. The molecule has 0 atom stereocenters. The summed E-state index contributed by atoms with van der Waals surface area (Å²) < 4.78 is 23.7. The van der Waals surface area contributed by atoms with Gasteiger partial charge < -0.3 is 5.11 Å². The minimum atomic E-state index is -3.06. The maximum Gasteiger partial charge on any atom is 0.210 e. The topological polar surface area (TPSA) is 64.1 Å². The maximum absolute atomic E-state index is 11.2. The zero-order valence-electron chi connectivity index (χ0n) is 9.96. The molecule has 1 aliphatic heterocycles. The van der Waals surface area contributed by atoms with Crippen LogP contribution in [0.4, 0.5) is 0 Å². The van der Waals surface area contributed by atoms with Crippen molar-refractivity contribution in [3.8, 4) is 0 Å². The second-order valence-electron chi connectivity index (χ2n) is 4.19. The number of hydrogen-bond acceptors (Lipinski definition) is 5. The molecule has 7 heteroatoms. The van der Waals surface area contributed by atoms with Gasteiger partial charge in [-0.05, 0) is 0 Å². The van der Waals surface area contributed by atoms with Crippen molar-refractivity contribution in [3.63, 3.8) is 0 Å². The molecule has 16 heavy (non-hydrogen) atoms. The minimum absolute atomic E-state index is 0.108. The Morgan fingerprint density at radius 3 is 2.12 bits per heavy atom. The van der Waals surface area contributed by atoms with Crippen LogP contribution < -0.4 is 0 Å². The standard InChI is InChI=1S/C9H21N3O3S/c1-10(16(2,14)15)3-4-11-5-7-12(9-13)8-6-11/h13H,3-9H2,1-2H3. The van der Waals surface area contributed by atoms with Crippen LogP contribution in [0.2, 0.25) is 0 Å². The van der Waals surface area contributed by atoms with Gasteiger partial charge in [0.05, 0.1) is 13.0 Å². The van der Waals surface area contributed by atoms with E-state index in [9.17, 15) is 8.42 Å². The van der Waals surface area contributed by atoms with Crippen molar-refractivity contribution in [2.75, 3.05) is 59.3 Å². The molecule has 0 amide bonds. The average molecular weight is 251 g/mol. The number of rotatable bonds is 5. The average Bonchev–Trinajstić information content (AvgIpc) is 2.25. The quantitative estimate of drug-likeness (QED) is 0.640. The van der Waals surface area contributed by atoms with Gasteiger partial charge in [0.2, 0.25) is 10.0 Å². The lowest BCUT2D eigenvalue weighted by atomic mass is 10.3. The summed E-state index contributed by atoms with van der Waals surface area (Å²) in [5, 5.41) is 8.92. The lowest BCUT2D eigenvalue weighted by molar-refractivity contribution is 0.0535. The Balaban J connectivity index is 2.25. The summed E-state index contributed by atoms with van der Waals surface area (Å²) in [4.78, 5) is 4.19. The third-order valence-corrected chi connectivity index (χ3v) is 4.28. The second-order valence-corrected chi connectivity index (χ2v) is 6.28. The van der Waals surface area contributed by atoms with E-state index in [2.05, 4.69) is 4.90 Å². The van der Waals surface area contributed by atoms with Crippen LogP contribution in [-0.2, 0) is 10.0 Å². The van der Waals surface area contributed by atoms with E-state index in [1.165, 1.54) is 10.6 Å². The summed E-state index contributed by atoms with van der Waals surface area (Å²) in [6.45, 7) is 4.85. The molecular weight excluding hydrogens is 230 g/mol. The first-order chi connectivity index (χ1) is 7.43. The van der Waals surface area contributed by atoms with Gasteiger partial charge in [-0.25, -0.2) is 12.7 Å². The summed E-state index contributed by atoms with van der Waals surface area (Å²) in [5.74, 6) is 0. The highest BCUT2D eigenvalue weighted by molar-refractivity contribution is 7.88. The molecule has 6 nitrogen and oxygen atoms in total. The summed E-state index contributed by atoms with van der Waals surface area (Å²) in [6, 6.07) is 0. The molecule has 1 saturated heterocycles. The summed E-state index contributed by atoms with van der Waals surface area (Å²) in [6.07, 6.45) is 1.22. The predicted octanol–water partition coefficient (Wildman–Crippen LogP) is -1.55. The number of likely N-dealkylation sites (N-methyl/N-ethyl adjacent to an activating group) is 1. The zero-order valence-corrected chi connectivity index (χ0v) is 10.8. The molecule has 0 saturated carbocycles. The first-order valence-corrected chi connectivity index (χ1v) is 7.25. The Morgan fingerprint density at radius 1 is 1.19 bits per heavy atom. The van der Waals surface area contributed by atoms with Crippen LogP contribution in [0.1, 0.15) is 0 Å². The van der Waals surface area contributed by atoms with Crippen LogP contribution >= 0.6 is 0 Å². The van der Waals surface area contributed by atoms with Crippen LogP contribution in [0.15, 0.2) is 0 Å². The van der Waals surface area contributed by atoms with E-state index in [4.69, 9.17) is 5.11 Å². The smallest absolute Gasteiger partial charge is 0.210 e. The SMILES string of the molecule is CN(CCN1CCN(CO)CC1)S(C)(=O)=O. The fourth-order valence-electron chi connectivity index (χ4n) is 1.60. The Labute approximate surface area is 97.5 Å². The molecule has 0 spiro atoms. The van der Waals surface area contributed by atoms with Gasteiger partial charge in [0, 0.05) is 46.3 Å². The van der Waals surface area contributed by atoms with E-state index in [1.807, 2.05) is 4.90 Å². The molecule has 0 aliphatic carbocycles. The van der Waals surface area contributed by atoms with E-state index in [0.717, 1.165) is 32.7 Å². The van der Waals surface area contributed by atoms with Gasteiger partial charge in [0.1, 0.15) is 0 Å². The third-order valence-electron chi connectivity index (χ3n) is 2.96. The molecule has 1 fully saturated rings.